The summed E-state index contributed by atoms with van der Waals surface area (Å²) in [5.74, 6) is 0. The number of halogens is 2. The van der Waals surface area contributed by atoms with Gasteiger partial charge in [-0.25, -0.2) is 4.68 Å². The number of hydrogen-bond acceptors (Lipinski definition) is 4. The Hall–Kier alpha value is -0.920. The number of rotatable bonds is 2. The Bertz CT molecular complexity index is 536. The summed E-state index contributed by atoms with van der Waals surface area (Å²) in [6, 6.07) is 5.34. The smallest absolute Gasteiger partial charge is 0.154 e. The van der Waals surface area contributed by atoms with Crippen LogP contribution in [-0.4, -0.2) is 20.1 Å². The molecule has 3 N–H and O–H groups in total. The van der Waals surface area contributed by atoms with Gasteiger partial charge in [0.15, 0.2) is 4.60 Å². The highest BCUT2D eigenvalue weighted by molar-refractivity contribution is 9.10. The fraction of sp³-hybridized carbons (Fsp3) is 0.200. The van der Waals surface area contributed by atoms with Crippen molar-refractivity contribution in [2.45, 2.75) is 6.10 Å². The molecule has 1 heterocycles. The Morgan fingerprint density at radius 3 is 2.71 bits per heavy atom. The van der Waals surface area contributed by atoms with E-state index in [1.165, 1.54) is 4.68 Å². The van der Waals surface area contributed by atoms with E-state index in [9.17, 15) is 5.11 Å². The zero-order valence-electron chi connectivity index (χ0n) is 8.93. The van der Waals surface area contributed by atoms with E-state index in [1.807, 2.05) is 6.07 Å². The molecule has 90 valence electrons. The maximum Gasteiger partial charge on any atom is 0.154 e. The monoisotopic (exact) mass is 360 g/mol. The molecule has 0 aliphatic rings. The van der Waals surface area contributed by atoms with Crippen molar-refractivity contribution in [3.63, 3.8) is 0 Å². The van der Waals surface area contributed by atoms with Crippen molar-refractivity contribution >= 4 is 37.5 Å². The molecule has 0 aliphatic carbocycles. The summed E-state index contributed by atoms with van der Waals surface area (Å²) < 4.78 is 2.87. The first-order valence-corrected chi connectivity index (χ1v) is 6.37. The Balaban J connectivity index is 2.50. The predicted octanol–water partition coefficient (Wildman–Crippen LogP) is 2.00. The van der Waals surface area contributed by atoms with E-state index < -0.39 is 6.10 Å². The van der Waals surface area contributed by atoms with Gasteiger partial charge in [0.05, 0.1) is 0 Å². The third-order valence-electron chi connectivity index (χ3n) is 2.43. The van der Waals surface area contributed by atoms with Gasteiger partial charge in [0, 0.05) is 22.8 Å². The zero-order chi connectivity index (χ0) is 12.6. The van der Waals surface area contributed by atoms with Crippen molar-refractivity contribution in [1.29, 1.82) is 0 Å². The minimum atomic E-state index is -0.873. The molecule has 1 atom stereocenters. The largest absolute Gasteiger partial charge is 0.398 e. The van der Waals surface area contributed by atoms with Gasteiger partial charge in [0.25, 0.3) is 0 Å². The zero-order valence-corrected chi connectivity index (χ0v) is 12.1. The van der Waals surface area contributed by atoms with Crippen molar-refractivity contribution in [1.82, 2.24) is 15.0 Å². The van der Waals surface area contributed by atoms with Crippen molar-refractivity contribution in [3.8, 4) is 0 Å². The van der Waals surface area contributed by atoms with Crippen LogP contribution >= 0.6 is 31.9 Å². The van der Waals surface area contributed by atoms with Gasteiger partial charge in [-0.15, -0.1) is 5.10 Å². The molecule has 0 saturated heterocycles. The molecule has 0 amide bonds. The van der Waals surface area contributed by atoms with Crippen LogP contribution in [0.4, 0.5) is 5.69 Å². The number of hydrogen-bond donors (Lipinski definition) is 2. The number of nitrogens with zero attached hydrogens (tertiary/aromatic N) is 3. The fourth-order valence-electron chi connectivity index (χ4n) is 1.56. The second kappa shape index (κ2) is 4.75. The molecular weight excluding hydrogens is 352 g/mol. The van der Waals surface area contributed by atoms with Gasteiger partial charge in [0.2, 0.25) is 0 Å². The number of benzene rings is 1. The average molecular weight is 362 g/mol. The van der Waals surface area contributed by atoms with E-state index in [-0.39, 0.29) is 0 Å². The van der Waals surface area contributed by atoms with E-state index in [1.54, 1.807) is 19.2 Å². The molecule has 0 saturated carbocycles. The van der Waals surface area contributed by atoms with Crippen LogP contribution in [0.2, 0.25) is 0 Å². The molecule has 1 aromatic heterocycles. The van der Waals surface area contributed by atoms with Crippen molar-refractivity contribution in [2.75, 3.05) is 5.73 Å². The molecule has 2 aromatic rings. The van der Waals surface area contributed by atoms with Crippen molar-refractivity contribution in [3.05, 3.63) is 38.5 Å². The first kappa shape index (κ1) is 12.5. The fourth-order valence-corrected chi connectivity index (χ4v) is 2.48. The van der Waals surface area contributed by atoms with Crippen LogP contribution in [-0.2, 0) is 7.05 Å². The molecule has 2 rings (SSSR count). The number of aliphatic hydroxyl groups excluding tert-OH is 1. The highest BCUT2D eigenvalue weighted by Gasteiger charge is 2.21. The highest BCUT2D eigenvalue weighted by atomic mass is 79.9. The molecular formula is C10H10Br2N4O. The number of aromatic nitrogens is 3. The van der Waals surface area contributed by atoms with Crippen LogP contribution in [0.5, 0.6) is 0 Å². The first-order chi connectivity index (χ1) is 8.00. The van der Waals surface area contributed by atoms with E-state index in [4.69, 9.17) is 5.73 Å². The molecule has 1 aromatic carbocycles. The van der Waals surface area contributed by atoms with Gasteiger partial charge in [-0.1, -0.05) is 21.1 Å². The lowest BCUT2D eigenvalue weighted by Gasteiger charge is -2.14. The number of anilines is 1. The number of nitrogen functional groups attached to an aromatic ring is 1. The minimum absolute atomic E-state index is 0.506. The lowest BCUT2D eigenvalue weighted by atomic mass is 10.1. The van der Waals surface area contributed by atoms with E-state index >= 15 is 0 Å². The number of aliphatic hydroxyl groups is 1. The first-order valence-electron chi connectivity index (χ1n) is 4.78. The predicted molar refractivity (Wildman–Crippen MR) is 71.3 cm³/mol. The molecule has 17 heavy (non-hydrogen) atoms. The van der Waals surface area contributed by atoms with Gasteiger partial charge in [-0.3, -0.25) is 0 Å². The molecule has 0 radical (unpaired) electrons. The summed E-state index contributed by atoms with van der Waals surface area (Å²) in [6.45, 7) is 0. The highest BCUT2D eigenvalue weighted by Crippen LogP contribution is 2.31. The molecule has 7 heteroatoms. The lowest BCUT2D eigenvalue weighted by Crippen LogP contribution is -2.09. The molecule has 0 fully saturated rings. The molecule has 0 spiro atoms. The lowest BCUT2D eigenvalue weighted by molar-refractivity contribution is 0.209. The van der Waals surface area contributed by atoms with E-state index in [0.29, 0.717) is 21.5 Å². The van der Waals surface area contributed by atoms with Gasteiger partial charge in [-0.2, -0.15) is 0 Å². The van der Waals surface area contributed by atoms with Crippen LogP contribution in [0.3, 0.4) is 0 Å². The van der Waals surface area contributed by atoms with E-state index in [0.717, 1.165) is 4.47 Å². The third-order valence-corrected chi connectivity index (χ3v) is 3.49. The van der Waals surface area contributed by atoms with Crippen LogP contribution < -0.4 is 5.73 Å². The van der Waals surface area contributed by atoms with Gasteiger partial charge in [-0.05, 0) is 34.1 Å². The molecule has 5 nitrogen and oxygen atoms in total. The quantitative estimate of drug-likeness (QED) is 0.802. The molecule has 0 bridgehead atoms. The number of nitrogens with two attached hydrogens (primary N) is 1. The summed E-state index contributed by atoms with van der Waals surface area (Å²) in [7, 11) is 1.71. The maximum absolute atomic E-state index is 10.3. The Labute approximate surface area is 115 Å². The van der Waals surface area contributed by atoms with Gasteiger partial charge in [0.1, 0.15) is 11.8 Å². The maximum atomic E-state index is 10.3. The Morgan fingerprint density at radius 1 is 1.41 bits per heavy atom. The second-order valence-electron chi connectivity index (χ2n) is 3.56. The van der Waals surface area contributed by atoms with Crippen LogP contribution in [0, 0.1) is 0 Å². The standard InChI is InChI=1S/C10H10Br2N4O/c1-16-8(10(12)14-15-16)9(17)6-4-5(11)2-3-7(6)13/h2-4,9,17H,13H2,1H3. The Kier molecular flexibility index (Phi) is 3.50. The summed E-state index contributed by atoms with van der Waals surface area (Å²) >= 11 is 6.60. The second-order valence-corrected chi connectivity index (χ2v) is 5.23. The van der Waals surface area contributed by atoms with Crippen molar-refractivity contribution < 1.29 is 5.11 Å². The van der Waals surface area contributed by atoms with Gasteiger partial charge >= 0.3 is 0 Å². The summed E-state index contributed by atoms with van der Waals surface area (Å²) in [5, 5.41) is 18.0. The van der Waals surface area contributed by atoms with Crippen molar-refractivity contribution in [2.24, 2.45) is 7.05 Å². The Morgan fingerprint density at radius 2 is 2.12 bits per heavy atom. The average Bonchev–Trinajstić information content (AvgIpc) is 2.61. The van der Waals surface area contributed by atoms with Crippen LogP contribution in [0.1, 0.15) is 17.4 Å². The molecule has 0 aliphatic heterocycles. The topological polar surface area (TPSA) is 77.0 Å². The SMILES string of the molecule is Cn1nnc(Br)c1C(O)c1cc(Br)ccc1N. The summed E-state index contributed by atoms with van der Waals surface area (Å²) in [4.78, 5) is 0. The normalized spacial score (nSPS) is 12.7. The van der Waals surface area contributed by atoms with Gasteiger partial charge < -0.3 is 10.8 Å². The van der Waals surface area contributed by atoms with E-state index in [2.05, 4.69) is 42.2 Å². The third kappa shape index (κ3) is 2.36. The van der Waals surface area contributed by atoms with Crippen LogP contribution in [0.25, 0.3) is 0 Å². The van der Waals surface area contributed by atoms with Crippen LogP contribution in [0.15, 0.2) is 27.3 Å². The molecule has 1 unspecified atom stereocenters. The minimum Gasteiger partial charge on any atom is -0.398 e. The summed E-state index contributed by atoms with van der Waals surface area (Å²) in [6.07, 6.45) is -0.873. The number of aryl methyl sites for hydroxylation is 1. The summed E-state index contributed by atoms with van der Waals surface area (Å²) in [5.41, 5.74) is 7.55.